The van der Waals surface area contributed by atoms with Crippen LogP contribution in [0, 0.1) is 5.41 Å². The SMILES string of the molecule is CCCC1(C(=O)O)CCN(C(=O)C(C)n2cncn2)C1. The fourth-order valence-electron chi connectivity index (χ4n) is 2.82. The first kappa shape index (κ1) is 14.5. The molecule has 7 nitrogen and oxygen atoms in total. The zero-order chi connectivity index (χ0) is 14.8. The van der Waals surface area contributed by atoms with E-state index < -0.39 is 17.4 Å². The van der Waals surface area contributed by atoms with Crippen molar-refractivity contribution in [3.8, 4) is 0 Å². The van der Waals surface area contributed by atoms with Gasteiger partial charge in [-0.1, -0.05) is 13.3 Å². The first-order valence-electron chi connectivity index (χ1n) is 6.86. The summed E-state index contributed by atoms with van der Waals surface area (Å²) in [6, 6.07) is -0.455. The van der Waals surface area contributed by atoms with Crippen molar-refractivity contribution in [2.45, 2.75) is 39.2 Å². The van der Waals surface area contributed by atoms with Gasteiger partial charge in [-0.15, -0.1) is 0 Å². The average Bonchev–Trinajstić information content (AvgIpc) is 3.07. The summed E-state index contributed by atoms with van der Waals surface area (Å²) < 4.78 is 1.49. The minimum absolute atomic E-state index is 0.102. The van der Waals surface area contributed by atoms with Gasteiger partial charge >= 0.3 is 5.97 Å². The number of hydrogen-bond donors (Lipinski definition) is 1. The molecule has 1 aliphatic heterocycles. The molecule has 20 heavy (non-hydrogen) atoms. The van der Waals surface area contributed by atoms with Crippen LogP contribution in [-0.2, 0) is 9.59 Å². The van der Waals surface area contributed by atoms with Crippen molar-refractivity contribution in [1.82, 2.24) is 19.7 Å². The smallest absolute Gasteiger partial charge is 0.311 e. The fraction of sp³-hybridized carbons (Fsp3) is 0.692. The van der Waals surface area contributed by atoms with Crippen LogP contribution in [0.3, 0.4) is 0 Å². The molecular formula is C13H20N4O3. The molecule has 0 saturated carbocycles. The lowest BCUT2D eigenvalue weighted by Crippen LogP contribution is -2.39. The van der Waals surface area contributed by atoms with Crippen LogP contribution in [0.4, 0.5) is 0 Å². The van der Waals surface area contributed by atoms with E-state index in [1.165, 1.54) is 17.3 Å². The molecule has 1 fully saturated rings. The molecule has 0 aliphatic carbocycles. The Balaban J connectivity index is 2.08. The van der Waals surface area contributed by atoms with Crippen LogP contribution in [0.5, 0.6) is 0 Å². The quantitative estimate of drug-likeness (QED) is 0.867. The third-order valence-electron chi connectivity index (χ3n) is 4.04. The van der Waals surface area contributed by atoms with Gasteiger partial charge in [0.2, 0.25) is 5.91 Å². The van der Waals surface area contributed by atoms with Crippen LogP contribution >= 0.6 is 0 Å². The maximum Gasteiger partial charge on any atom is 0.311 e. The van der Waals surface area contributed by atoms with Crippen LogP contribution in [0.25, 0.3) is 0 Å². The molecule has 1 aromatic rings. The molecule has 2 heterocycles. The van der Waals surface area contributed by atoms with Crippen molar-refractivity contribution in [3.05, 3.63) is 12.7 Å². The van der Waals surface area contributed by atoms with Crippen molar-refractivity contribution in [1.29, 1.82) is 0 Å². The number of likely N-dealkylation sites (tertiary alicyclic amines) is 1. The Kier molecular flexibility index (Phi) is 4.06. The Morgan fingerprint density at radius 3 is 2.80 bits per heavy atom. The second-order valence-electron chi connectivity index (χ2n) is 5.40. The van der Waals surface area contributed by atoms with Crippen LogP contribution in [0.2, 0.25) is 0 Å². The number of carbonyl (C=O) groups is 2. The number of carboxylic acids is 1. The Morgan fingerprint density at radius 2 is 2.25 bits per heavy atom. The molecule has 7 heteroatoms. The molecule has 0 bridgehead atoms. The first-order valence-corrected chi connectivity index (χ1v) is 6.86. The van der Waals surface area contributed by atoms with Gasteiger partial charge in [0.15, 0.2) is 0 Å². The molecule has 1 aromatic heterocycles. The van der Waals surface area contributed by atoms with Gasteiger partial charge < -0.3 is 10.0 Å². The zero-order valence-corrected chi connectivity index (χ0v) is 11.8. The molecular weight excluding hydrogens is 260 g/mol. The minimum atomic E-state index is -0.803. The summed E-state index contributed by atoms with van der Waals surface area (Å²) in [4.78, 5) is 29.4. The maximum atomic E-state index is 12.4. The van der Waals surface area contributed by atoms with Crippen molar-refractivity contribution >= 4 is 11.9 Å². The van der Waals surface area contributed by atoms with Gasteiger partial charge in [-0.25, -0.2) is 9.67 Å². The molecule has 1 saturated heterocycles. The molecule has 2 rings (SSSR count). The van der Waals surface area contributed by atoms with Crippen molar-refractivity contribution in [3.63, 3.8) is 0 Å². The summed E-state index contributed by atoms with van der Waals surface area (Å²) >= 11 is 0. The highest BCUT2D eigenvalue weighted by molar-refractivity contribution is 5.83. The molecule has 1 amide bonds. The molecule has 0 radical (unpaired) electrons. The van der Waals surface area contributed by atoms with E-state index in [2.05, 4.69) is 10.1 Å². The molecule has 1 N–H and O–H groups in total. The average molecular weight is 280 g/mol. The highest BCUT2D eigenvalue weighted by Crippen LogP contribution is 2.36. The second-order valence-corrected chi connectivity index (χ2v) is 5.40. The number of hydrogen-bond acceptors (Lipinski definition) is 4. The lowest BCUT2D eigenvalue weighted by atomic mass is 9.83. The van der Waals surface area contributed by atoms with Gasteiger partial charge in [-0.3, -0.25) is 9.59 Å². The predicted octanol–water partition coefficient (Wildman–Crippen LogP) is 0.942. The predicted molar refractivity (Wildman–Crippen MR) is 70.9 cm³/mol. The lowest BCUT2D eigenvalue weighted by Gasteiger charge is -2.25. The summed E-state index contributed by atoms with van der Waals surface area (Å²) in [6.45, 7) is 4.49. The minimum Gasteiger partial charge on any atom is -0.481 e. The third-order valence-corrected chi connectivity index (χ3v) is 4.04. The molecule has 0 aromatic carbocycles. The fourth-order valence-corrected chi connectivity index (χ4v) is 2.82. The largest absolute Gasteiger partial charge is 0.481 e. The van der Waals surface area contributed by atoms with Gasteiger partial charge in [-0.05, 0) is 19.8 Å². The van der Waals surface area contributed by atoms with Gasteiger partial charge in [0.1, 0.15) is 18.7 Å². The van der Waals surface area contributed by atoms with Crippen LogP contribution in [0.1, 0.15) is 39.2 Å². The van der Waals surface area contributed by atoms with E-state index in [9.17, 15) is 14.7 Å². The van der Waals surface area contributed by atoms with Gasteiger partial charge in [0.25, 0.3) is 0 Å². The molecule has 0 spiro atoms. The summed E-state index contributed by atoms with van der Waals surface area (Å²) in [6.07, 6.45) is 4.80. The third kappa shape index (κ3) is 2.52. The molecule has 1 aliphatic rings. The van der Waals surface area contributed by atoms with Gasteiger partial charge in [0.05, 0.1) is 5.41 Å². The van der Waals surface area contributed by atoms with E-state index in [0.717, 1.165) is 6.42 Å². The van der Waals surface area contributed by atoms with Gasteiger partial charge in [0, 0.05) is 13.1 Å². The Hall–Kier alpha value is -1.92. The van der Waals surface area contributed by atoms with E-state index >= 15 is 0 Å². The van der Waals surface area contributed by atoms with Crippen LogP contribution in [0.15, 0.2) is 12.7 Å². The number of aromatic nitrogens is 3. The highest BCUT2D eigenvalue weighted by Gasteiger charge is 2.46. The van der Waals surface area contributed by atoms with E-state index in [1.54, 1.807) is 11.8 Å². The van der Waals surface area contributed by atoms with Crippen molar-refractivity contribution < 1.29 is 14.7 Å². The number of aliphatic carboxylic acids is 1. The standard InChI is InChI=1S/C13H20N4O3/c1-3-4-13(12(19)20)5-6-16(7-13)11(18)10(2)17-9-14-8-15-17/h8-10H,3-7H2,1-2H3,(H,19,20). The van der Waals surface area contributed by atoms with E-state index in [0.29, 0.717) is 19.4 Å². The number of carboxylic acid groups (broad SMARTS) is 1. The van der Waals surface area contributed by atoms with Crippen LogP contribution < -0.4 is 0 Å². The maximum absolute atomic E-state index is 12.4. The number of rotatable bonds is 5. The molecule has 2 atom stereocenters. The normalized spacial score (nSPS) is 23.8. The summed E-state index contributed by atoms with van der Waals surface area (Å²) in [7, 11) is 0. The van der Waals surface area contributed by atoms with Crippen molar-refractivity contribution in [2.75, 3.05) is 13.1 Å². The van der Waals surface area contributed by atoms with E-state index in [4.69, 9.17) is 0 Å². The number of amides is 1. The second kappa shape index (κ2) is 5.60. The highest BCUT2D eigenvalue weighted by atomic mass is 16.4. The molecule has 110 valence electrons. The van der Waals surface area contributed by atoms with Crippen LogP contribution in [-0.4, -0.2) is 49.7 Å². The van der Waals surface area contributed by atoms with Gasteiger partial charge in [-0.2, -0.15) is 5.10 Å². The zero-order valence-electron chi connectivity index (χ0n) is 11.8. The van der Waals surface area contributed by atoms with Crippen molar-refractivity contribution in [2.24, 2.45) is 5.41 Å². The Morgan fingerprint density at radius 1 is 1.50 bits per heavy atom. The monoisotopic (exact) mass is 280 g/mol. The lowest BCUT2D eigenvalue weighted by molar-refractivity contribution is -0.149. The Labute approximate surface area is 117 Å². The summed E-state index contributed by atoms with van der Waals surface area (Å²) in [5.41, 5.74) is -0.785. The Bertz CT molecular complexity index is 488. The summed E-state index contributed by atoms with van der Waals surface area (Å²) in [5, 5.41) is 13.4. The van der Waals surface area contributed by atoms with E-state index in [-0.39, 0.29) is 12.5 Å². The van der Waals surface area contributed by atoms with E-state index in [1.807, 2.05) is 6.92 Å². The summed E-state index contributed by atoms with van der Waals surface area (Å²) in [5.74, 6) is -0.905. The number of carbonyl (C=O) groups excluding carboxylic acids is 1. The first-order chi connectivity index (χ1) is 9.50. The number of nitrogens with zero attached hydrogens (tertiary/aromatic N) is 4. The topological polar surface area (TPSA) is 88.3 Å². The molecule has 2 unspecified atom stereocenters.